The zero-order valence-corrected chi connectivity index (χ0v) is 26.5. The van der Waals surface area contributed by atoms with Crippen LogP contribution < -0.4 is 29.1 Å². The maximum Gasteiger partial charge on any atom is 0.338 e. The SMILES string of the molecule is CCOC(=O)C1=C(C)N=c2s/c(=C/c3cccc(OCc4ccc(C#N)cc4)c3)c(=O)n2[C@H]1c1ccc(OC(C)C)c(OC)c1. The minimum atomic E-state index is -0.786. The van der Waals surface area contributed by atoms with E-state index in [1.165, 1.54) is 11.3 Å². The van der Waals surface area contributed by atoms with E-state index >= 15 is 0 Å². The molecule has 0 radical (unpaired) electrons. The second kappa shape index (κ2) is 13.7. The van der Waals surface area contributed by atoms with E-state index in [1.54, 1.807) is 55.9 Å². The third-order valence-corrected chi connectivity index (χ3v) is 8.01. The molecule has 0 N–H and O–H groups in total. The number of fused-ring (bicyclic) bond motifs is 1. The summed E-state index contributed by atoms with van der Waals surface area (Å²) in [5.74, 6) is 1.14. The maximum absolute atomic E-state index is 14.0. The van der Waals surface area contributed by atoms with Gasteiger partial charge in [-0.2, -0.15) is 5.26 Å². The largest absolute Gasteiger partial charge is 0.493 e. The summed E-state index contributed by atoms with van der Waals surface area (Å²) in [5, 5.41) is 9.02. The molecule has 0 fully saturated rings. The number of hydrogen-bond acceptors (Lipinski definition) is 9. The predicted molar refractivity (Wildman–Crippen MR) is 171 cm³/mol. The minimum absolute atomic E-state index is 0.0699. The number of hydrogen-bond donors (Lipinski definition) is 0. The highest BCUT2D eigenvalue weighted by Gasteiger charge is 2.34. The van der Waals surface area contributed by atoms with Crippen LogP contribution in [0.1, 0.15) is 56.0 Å². The number of esters is 1. The number of methoxy groups -OCH3 is 1. The van der Waals surface area contributed by atoms with Crippen LogP contribution in [0.15, 0.2) is 87.8 Å². The molecule has 2 heterocycles. The van der Waals surface area contributed by atoms with Crippen molar-refractivity contribution in [3.05, 3.63) is 120 Å². The first-order valence-electron chi connectivity index (χ1n) is 14.5. The van der Waals surface area contributed by atoms with Crippen LogP contribution in [0.5, 0.6) is 17.2 Å². The van der Waals surface area contributed by atoms with E-state index in [-0.39, 0.29) is 23.8 Å². The Kier molecular flexibility index (Phi) is 9.50. The Morgan fingerprint density at radius 2 is 1.89 bits per heavy atom. The summed E-state index contributed by atoms with van der Waals surface area (Å²) in [4.78, 5) is 32.4. The number of thiazole rings is 1. The number of carbonyl (C=O) groups excluding carboxylic acids is 1. The predicted octanol–water partition coefficient (Wildman–Crippen LogP) is 5.04. The number of nitriles is 1. The van der Waals surface area contributed by atoms with E-state index in [1.807, 2.05) is 56.3 Å². The fourth-order valence-electron chi connectivity index (χ4n) is 5.00. The van der Waals surface area contributed by atoms with Crippen LogP contribution in [0.25, 0.3) is 6.08 Å². The molecule has 0 aliphatic carbocycles. The molecule has 9 nitrogen and oxygen atoms in total. The van der Waals surface area contributed by atoms with Crippen molar-refractivity contribution in [2.24, 2.45) is 4.99 Å². The molecule has 0 spiro atoms. The normalized spacial score (nSPS) is 14.4. The number of rotatable bonds is 10. The summed E-state index contributed by atoms with van der Waals surface area (Å²) in [6, 6.07) is 21.4. The summed E-state index contributed by atoms with van der Waals surface area (Å²) in [6.45, 7) is 7.85. The van der Waals surface area contributed by atoms with Crippen LogP contribution in [0.4, 0.5) is 0 Å². The Bertz CT molecular complexity index is 1980. The van der Waals surface area contributed by atoms with Crippen molar-refractivity contribution < 1.29 is 23.7 Å². The van der Waals surface area contributed by atoms with E-state index in [9.17, 15) is 9.59 Å². The standard InChI is InChI=1S/C35H33N3O6S/c1-6-42-34(40)31-22(4)37-35-38(32(31)26-14-15-28(44-21(2)3)29(18-26)41-5)33(39)30(45-35)17-25-8-7-9-27(16-25)43-20-24-12-10-23(19-36)11-13-24/h7-18,21,32H,6,20H2,1-5H3/b30-17+/t32-/m0/s1. The van der Waals surface area contributed by atoms with Gasteiger partial charge in [0.15, 0.2) is 16.3 Å². The van der Waals surface area contributed by atoms with Crippen molar-refractivity contribution in [1.82, 2.24) is 4.57 Å². The van der Waals surface area contributed by atoms with Gasteiger partial charge >= 0.3 is 5.97 Å². The number of nitrogens with zero attached hydrogens (tertiary/aromatic N) is 3. The van der Waals surface area contributed by atoms with Crippen molar-refractivity contribution in [3.63, 3.8) is 0 Å². The molecule has 5 rings (SSSR count). The number of carbonyl (C=O) groups is 1. The Morgan fingerprint density at radius 3 is 2.58 bits per heavy atom. The highest BCUT2D eigenvalue weighted by molar-refractivity contribution is 7.07. The van der Waals surface area contributed by atoms with Crippen LogP contribution in [0.2, 0.25) is 0 Å². The van der Waals surface area contributed by atoms with Gasteiger partial charge in [-0.3, -0.25) is 9.36 Å². The molecule has 0 unspecified atom stereocenters. The Balaban J connectivity index is 1.55. The molecular weight excluding hydrogens is 590 g/mol. The van der Waals surface area contributed by atoms with Gasteiger partial charge in [-0.1, -0.05) is 41.7 Å². The average Bonchev–Trinajstić information content (AvgIpc) is 3.33. The molecule has 4 aromatic rings. The first-order valence-corrected chi connectivity index (χ1v) is 15.3. The topological polar surface area (TPSA) is 112 Å². The Labute approximate surface area is 264 Å². The van der Waals surface area contributed by atoms with Gasteiger partial charge in [0.05, 0.1) is 53.3 Å². The van der Waals surface area contributed by atoms with Gasteiger partial charge in [-0.25, -0.2) is 9.79 Å². The zero-order chi connectivity index (χ0) is 32.1. The first kappa shape index (κ1) is 31.3. The molecule has 1 aliphatic rings. The van der Waals surface area contributed by atoms with Crippen LogP contribution in [-0.4, -0.2) is 30.4 Å². The number of aromatic nitrogens is 1. The van der Waals surface area contributed by atoms with Crippen molar-refractivity contribution in [2.75, 3.05) is 13.7 Å². The molecule has 230 valence electrons. The highest BCUT2D eigenvalue weighted by atomic mass is 32.1. The Hall–Kier alpha value is -5.14. The van der Waals surface area contributed by atoms with Gasteiger partial charge in [0.2, 0.25) is 0 Å². The average molecular weight is 624 g/mol. The van der Waals surface area contributed by atoms with E-state index in [4.69, 9.17) is 24.2 Å². The summed E-state index contributed by atoms with van der Waals surface area (Å²) in [5.41, 5.74) is 3.42. The van der Waals surface area contributed by atoms with Crippen LogP contribution in [-0.2, 0) is 16.1 Å². The highest BCUT2D eigenvalue weighted by Crippen LogP contribution is 2.36. The van der Waals surface area contributed by atoms with Gasteiger partial charge in [-0.15, -0.1) is 0 Å². The smallest absolute Gasteiger partial charge is 0.338 e. The lowest BCUT2D eigenvalue weighted by Gasteiger charge is -2.25. The summed E-state index contributed by atoms with van der Waals surface area (Å²) in [6.07, 6.45) is 1.72. The van der Waals surface area contributed by atoms with E-state index in [2.05, 4.69) is 11.1 Å². The second-order valence-corrected chi connectivity index (χ2v) is 11.6. The molecule has 0 amide bonds. The quantitative estimate of drug-likeness (QED) is 0.228. The fourth-order valence-corrected chi connectivity index (χ4v) is 6.05. The molecule has 0 saturated carbocycles. The molecule has 45 heavy (non-hydrogen) atoms. The van der Waals surface area contributed by atoms with Crippen molar-refractivity contribution in [2.45, 2.75) is 46.4 Å². The van der Waals surface area contributed by atoms with Crippen LogP contribution in [0.3, 0.4) is 0 Å². The van der Waals surface area contributed by atoms with Crippen LogP contribution >= 0.6 is 11.3 Å². The summed E-state index contributed by atoms with van der Waals surface area (Å²) < 4.78 is 24.9. The zero-order valence-electron chi connectivity index (χ0n) is 25.7. The van der Waals surface area contributed by atoms with Gasteiger partial charge in [0, 0.05) is 0 Å². The molecule has 10 heteroatoms. The second-order valence-electron chi connectivity index (χ2n) is 10.5. The van der Waals surface area contributed by atoms with Crippen molar-refractivity contribution in [1.29, 1.82) is 5.26 Å². The van der Waals surface area contributed by atoms with Crippen molar-refractivity contribution in [3.8, 4) is 23.3 Å². The third kappa shape index (κ3) is 6.84. The number of allylic oxidation sites excluding steroid dienone is 1. The van der Waals surface area contributed by atoms with Gasteiger partial charge < -0.3 is 18.9 Å². The molecule has 1 aliphatic heterocycles. The summed E-state index contributed by atoms with van der Waals surface area (Å²) in [7, 11) is 1.55. The van der Waals surface area contributed by atoms with Crippen LogP contribution in [0, 0.1) is 11.3 Å². The summed E-state index contributed by atoms with van der Waals surface area (Å²) >= 11 is 1.25. The molecule has 1 atom stereocenters. The number of ether oxygens (including phenoxy) is 4. The van der Waals surface area contributed by atoms with E-state index in [0.29, 0.717) is 50.0 Å². The lowest BCUT2D eigenvalue weighted by atomic mass is 9.95. The number of benzene rings is 3. The fraction of sp³-hybridized carbons (Fsp3) is 0.257. The minimum Gasteiger partial charge on any atom is -0.493 e. The molecule has 1 aromatic heterocycles. The third-order valence-electron chi connectivity index (χ3n) is 7.03. The van der Waals surface area contributed by atoms with Gasteiger partial charge in [0.25, 0.3) is 5.56 Å². The first-order chi connectivity index (χ1) is 21.7. The maximum atomic E-state index is 14.0. The molecule has 3 aromatic carbocycles. The molecule has 0 bridgehead atoms. The lowest BCUT2D eigenvalue weighted by molar-refractivity contribution is -0.139. The van der Waals surface area contributed by atoms with Gasteiger partial charge in [-0.05, 0) is 86.9 Å². The Morgan fingerprint density at radius 1 is 1.11 bits per heavy atom. The van der Waals surface area contributed by atoms with Gasteiger partial charge in [0.1, 0.15) is 12.4 Å². The lowest BCUT2D eigenvalue weighted by Crippen LogP contribution is -2.40. The monoisotopic (exact) mass is 623 g/mol. The van der Waals surface area contributed by atoms with Crippen molar-refractivity contribution >= 4 is 23.4 Å². The van der Waals surface area contributed by atoms with E-state index < -0.39 is 12.0 Å². The van der Waals surface area contributed by atoms with E-state index in [0.717, 1.165) is 11.1 Å². The molecule has 0 saturated heterocycles. The molecular formula is C35H33N3O6S.